The average Bonchev–Trinajstić information content (AvgIpc) is 2.52. The minimum atomic E-state index is 0.123. The molecule has 0 spiro atoms. The maximum absolute atomic E-state index is 9.04. The number of aliphatic hydroxyl groups is 1. The predicted molar refractivity (Wildman–Crippen MR) is 88.1 cm³/mol. The fourth-order valence-electron chi connectivity index (χ4n) is 2.66. The van der Waals surface area contributed by atoms with Gasteiger partial charge in [0.05, 0.1) is 6.61 Å². The van der Waals surface area contributed by atoms with Crippen molar-refractivity contribution in [1.82, 2.24) is 10.2 Å². The molecule has 1 aromatic carbocycles. The summed E-state index contributed by atoms with van der Waals surface area (Å²) in [6.07, 6.45) is 4.77. The summed E-state index contributed by atoms with van der Waals surface area (Å²) < 4.78 is 0. The number of benzene rings is 1. The van der Waals surface area contributed by atoms with Crippen molar-refractivity contribution in [2.75, 3.05) is 19.6 Å². The summed E-state index contributed by atoms with van der Waals surface area (Å²) >= 11 is 0. The third kappa shape index (κ3) is 5.62. The zero-order valence-corrected chi connectivity index (χ0v) is 13.3. The van der Waals surface area contributed by atoms with Crippen LogP contribution >= 0.6 is 0 Å². The molecule has 1 heterocycles. The van der Waals surface area contributed by atoms with E-state index in [2.05, 4.69) is 42.3 Å². The molecule has 0 atom stereocenters. The Morgan fingerprint density at radius 1 is 1.19 bits per heavy atom. The van der Waals surface area contributed by atoms with Gasteiger partial charge in [-0.05, 0) is 50.9 Å². The van der Waals surface area contributed by atoms with Crippen molar-refractivity contribution in [3.8, 4) is 0 Å². The molecule has 0 aromatic heterocycles. The molecule has 1 aliphatic rings. The van der Waals surface area contributed by atoms with Gasteiger partial charge in [0.25, 0.3) is 0 Å². The molecule has 2 N–H and O–H groups in total. The van der Waals surface area contributed by atoms with Gasteiger partial charge < -0.3 is 10.4 Å². The quantitative estimate of drug-likeness (QED) is 0.790. The zero-order valence-electron chi connectivity index (χ0n) is 13.3. The second-order valence-electron chi connectivity index (χ2n) is 6.21. The topological polar surface area (TPSA) is 35.5 Å². The number of aliphatic hydroxyl groups excluding tert-OH is 1. The van der Waals surface area contributed by atoms with Crippen LogP contribution in [0.4, 0.5) is 0 Å². The summed E-state index contributed by atoms with van der Waals surface area (Å²) in [6, 6.07) is 8.83. The van der Waals surface area contributed by atoms with E-state index in [4.69, 9.17) is 5.11 Å². The largest absolute Gasteiger partial charge is 0.392 e. The van der Waals surface area contributed by atoms with Gasteiger partial charge in [-0.25, -0.2) is 0 Å². The van der Waals surface area contributed by atoms with E-state index >= 15 is 0 Å². The number of rotatable bonds is 6. The first-order valence-corrected chi connectivity index (χ1v) is 7.95. The molecule has 3 heteroatoms. The Labute approximate surface area is 128 Å². The van der Waals surface area contributed by atoms with E-state index in [1.165, 1.54) is 37.1 Å². The van der Waals surface area contributed by atoms with Gasteiger partial charge in [-0.15, -0.1) is 0 Å². The summed E-state index contributed by atoms with van der Waals surface area (Å²) in [5.41, 5.74) is 3.67. The van der Waals surface area contributed by atoms with Gasteiger partial charge in [0.1, 0.15) is 0 Å². The summed E-state index contributed by atoms with van der Waals surface area (Å²) in [4.78, 5) is 2.53. The van der Waals surface area contributed by atoms with Crippen LogP contribution in [0.15, 0.2) is 35.9 Å². The normalized spacial score (nSPS) is 16.9. The maximum atomic E-state index is 9.04. The van der Waals surface area contributed by atoms with Gasteiger partial charge in [-0.3, -0.25) is 4.90 Å². The van der Waals surface area contributed by atoms with Crippen LogP contribution in [0.5, 0.6) is 0 Å². The Hall–Kier alpha value is -1.16. The van der Waals surface area contributed by atoms with Gasteiger partial charge in [-0.2, -0.15) is 0 Å². The van der Waals surface area contributed by atoms with Gasteiger partial charge in [0, 0.05) is 19.1 Å². The van der Waals surface area contributed by atoms with Crippen molar-refractivity contribution in [3.05, 3.63) is 47.0 Å². The molecule has 0 radical (unpaired) electrons. The number of hydrogen-bond acceptors (Lipinski definition) is 3. The molecule has 3 nitrogen and oxygen atoms in total. The molecule has 0 aliphatic carbocycles. The van der Waals surface area contributed by atoms with Crippen molar-refractivity contribution in [1.29, 1.82) is 0 Å². The van der Waals surface area contributed by atoms with E-state index < -0.39 is 0 Å². The van der Waals surface area contributed by atoms with E-state index in [0.717, 1.165) is 18.7 Å². The minimum absolute atomic E-state index is 0.123. The van der Waals surface area contributed by atoms with Crippen LogP contribution in [0.3, 0.4) is 0 Å². The molecule has 116 valence electrons. The van der Waals surface area contributed by atoms with E-state index in [1.54, 1.807) is 0 Å². The third-order valence-electron chi connectivity index (χ3n) is 4.15. The van der Waals surface area contributed by atoms with E-state index in [1.807, 2.05) is 12.1 Å². The molecule has 0 amide bonds. The second-order valence-corrected chi connectivity index (χ2v) is 6.21. The summed E-state index contributed by atoms with van der Waals surface area (Å²) in [5, 5.41) is 12.7. The Balaban J connectivity index is 1.69. The number of likely N-dealkylation sites (tertiary alicyclic amines) is 1. The van der Waals surface area contributed by atoms with Crippen LogP contribution in [-0.4, -0.2) is 35.7 Å². The Morgan fingerprint density at radius 2 is 1.81 bits per heavy atom. The molecule has 1 aromatic rings. The maximum Gasteiger partial charge on any atom is 0.0681 e. The molecular formula is C18H28N2O. The van der Waals surface area contributed by atoms with Gasteiger partial charge in [0.2, 0.25) is 0 Å². The van der Waals surface area contributed by atoms with E-state index in [-0.39, 0.29) is 6.61 Å². The highest BCUT2D eigenvalue weighted by atomic mass is 16.3. The SMILES string of the molecule is CC(C)=CCN1CCC(NCc2ccc(CO)cc2)CC1. The van der Waals surface area contributed by atoms with Crippen LogP contribution in [-0.2, 0) is 13.2 Å². The molecule has 1 saturated heterocycles. The number of nitrogens with zero attached hydrogens (tertiary/aromatic N) is 1. The number of nitrogens with one attached hydrogen (secondary N) is 1. The zero-order chi connectivity index (χ0) is 15.1. The van der Waals surface area contributed by atoms with Crippen LogP contribution in [0.2, 0.25) is 0 Å². The van der Waals surface area contributed by atoms with E-state index in [0.29, 0.717) is 6.04 Å². The van der Waals surface area contributed by atoms with Crippen molar-refractivity contribution in [2.24, 2.45) is 0 Å². The number of piperidine rings is 1. The standard InChI is InChI=1S/C18H28N2O/c1-15(2)7-10-20-11-8-18(9-12-20)19-13-16-3-5-17(14-21)6-4-16/h3-7,18-19,21H,8-14H2,1-2H3. The third-order valence-corrected chi connectivity index (χ3v) is 4.15. The first-order valence-electron chi connectivity index (χ1n) is 7.95. The Kier molecular flexibility index (Phi) is 6.43. The summed E-state index contributed by atoms with van der Waals surface area (Å²) in [5.74, 6) is 0. The molecule has 0 unspecified atom stereocenters. The number of allylic oxidation sites excluding steroid dienone is 1. The first-order chi connectivity index (χ1) is 10.2. The Bertz CT molecular complexity index is 441. The predicted octanol–water partition coefficient (Wildman–Crippen LogP) is 2.70. The highest BCUT2D eigenvalue weighted by Crippen LogP contribution is 2.12. The highest BCUT2D eigenvalue weighted by molar-refractivity contribution is 5.21. The lowest BCUT2D eigenvalue weighted by atomic mass is 10.0. The van der Waals surface area contributed by atoms with Crippen molar-refractivity contribution in [3.63, 3.8) is 0 Å². The molecular weight excluding hydrogens is 260 g/mol. The summed E-state index contributed by atoms with van der Waals surface area (Å²) in [6.45, 7) is 8.84. The average molecular weight is 288 g/mol. The van der Waals surface area contributed by atoms with E-state index in [9.17, 15) is 0 Å². The van der Waals surface area contributed by atoms with Crippen LogP contribution in [0.1, 0.15) is 37.8 Å². The molecule has 1 fully saturated rings. The van der Waals surface area contributed by atoms with Crippen LogP contribution in [0.25, 0.3) is 0 Å². The van der Waals surface area contributed by atoms with Crippen LogP contribution in [0, 0.1) is 0 Å². The fourth-order valence-corrected chi connectivity index (χ4v) is 2.66. The van der Waals surface area contributed by atoms with Gasteiger partial charge in [0.15, 0.2) is 0 Å². The molecule has 2 rings (SSSR count). The molecule has 0 saturated carbocycles. The monoisotopic (exact) mass is 288 g/mol. The molecule has 1 aliphatic heterocycles. The van der Waals surface area contributed by atoms with Gasteiger partial charge >= 0.3 is 0 Å². The second kappa shape index (κ2) is 8.32. The highest BCUT2D eigenvalue weighted by Gasteiger charge is 2.17. The lowest BCUT2D eigenvalue weighted by Crippen LogP contribution is -2.42. The van der Waals surface area contributed by atoms with Crippen molar-refractivity contribution >= 4 is 0 Å². The molecule has 21 heavy (non-hydrogen) atoms. The smallest absolute Gasteiger partial charge is 0.0681 e. The number of hydrogen-bond donors (Lipinski definition) is 2. The minimum Gasteiger partial charge on any atom is -0.392 e. The van der Waals surface area contributed by atoms with Crippen molar-refractivity contribution < 1.29 is 5.11 Å². The first kappa shape index (κ1) is 16.2. The fraction of sp³-hybridized carbons (Fsp3) is 0.556. The van der Waals surface area contributed by atoms with Crippen LogP contribution < -0.4 is 5.32 Å². The van der Waals surface area contributed by atoms with Gasteiger partial charge in [-0.1, -0.05) is 35.9 Å². The lowest BCUT2D eigenvalue weighted by molar-refractivity contribution is 0.214. The summed E-state index contributed by atoms with van der Waals surface area (Å²) in [7, 11) is 0. The molecule has 0 bridgehead atoms. The Morgan fingerprint density at radius 3 is 2.38 bits per heavy atom. The lowest BCUT2D eigenvalue weighted by Gasteiger charge is -2.31. The van der Waals surface area contributed by atoms with Crippen molar-refractivity contribution in [2.45, 2.75) is 45.9 Å².